The van der Waals surface area contributed by atoms with E-state index in [1.54, 1.807) is 30.3 Å². The number of amides is 1. The van der Waals surface area contributed by atoms with E-state index in [0.29, 0.717) is 18.7 Å². The average Bonchev–Trinajstić information content (AvgIpc) is 3.01. The number of thiazole rings is 1. The maximum atomic E-state index is 13.3. The van der Waals surface area contributed by atoms with Crippen LogP contribution < -0.4 is 0 Å². The number of alkyl halides is 3. The molecule has 0 aliphatic carbocycles. The SMILES string of the molecule is O=C(c1sc(-c2ccccc2)nc1C(F)(F)F)N1CCCCC1. The molecule has 0 N–H and O–H groups in total. The van der Waals surface area contributed by atoms with Crippen molar-refractivity contribution < 1.29 is 18.0 Å². The molecule has 1 aliphatic heterocycles. The lowest BCUT2D eigenvalue weighted by Crippen LogP contribution is -2.36. The van der Waals surface area contributed by atoms with E-state index in [1.165, 1.54) is 4.90 Å². The second kappa shape index (κ2) is 6.31. The normalized spacial score (nSPS) is 15.7. The standard InChI is InChI=1S/C16H15F3N2OS/c17-16(18,19)13-12(15(22)21-9-5-2-6-10-21)23-14(20-13)11-7-3-1-4-8-11/h1,3-4,7-8H,2,5-6,9-10H2. The van der Waals surface area contributed by atoms with Crippen LogP contribution in [0.2, 0.25) is 0 Å². The molecule has 1 aromatic carbocycles. The van der Waals surface area contributed by atoms with Crippen LogP contribution in [-0.2, 0) is 6.18 Å². The van der Waals surface area contributed by atoms with Gasteiger partial charge in [0.05, 0.1) is 0 Å². The van der Waals surface area contributed by atoms with Crippen molar-refractivity contribution in [1.82, 2.24) is 9.88 Å². The van der Waals surface area contributed by atoms with Crippen molar-refractivity contribution in [3.05, 3.63) is 40.9 Å². The van der Waals surface area contributed by atoms with Gasteiger partial charge >= 0.3 is 6.18 Å². The molecule has 0 spiro atoms. The van der Waals surface area contributed by atoms with Gasteiger partial charge in [0, 0.05) is 18.7 Å². The molecule has 0 bridgehead atoms. The number of hydrogen-bond acceptors (Lipinski definition) is 3. The van der Waals surface area contributed by atoms with Crippen LogP contribution in [0.15, 0.2) is 30.3 Å². The summed E-state index contributed by atoms with van der Waals surface area (Å²) in [4.78, 5) is 17.4. The van der Waals surface area contributed by atoms with Crippen molar-refractivity contribution in [2.75, 3.05) is 13.1 Å². The van der Waals surface area contributed by atoms with Gasteiger partial charge in [0.1, 0.15) is 9.88 Å². The topological polar surface area (TPSA) is 33.2 Å². The monoisotopic (exact) mass is 340 g/mol. The molecule has 0 radical (unpaired) electrons. The molecule has 23 heavy (non-hydrogen) atoms. The van der Waals surface area contributed by atoms with E-state index in [4.69, 9.17) is 0 Å². The lowest BCUT2D eigenvalue weighted by Gasteiger charge is -2.26. The predicted octanol–water partition coefficient (Wildman–Crippen LogP) is 4.46. The maximum Gasteiger partial charge on any atom is 0.435 e. The summed E-state index contributed by atoms with van der Waals surface area (Å²) >= 11 is 0.819. The van der Waals surface area contributed by atoms with Gasteiger partial charge in [-0.1, -0.05) is 30.3 Å². The lowest BCUT2D eigenvalue weighted by atomic mass is 10.1. The van der Waals surface area contributed by atoms with Crippen LogP contribution in [0.25, 0.3) is 10.6 Å². The van der Waals surface area contributed by atoms with E-state index in [-0.39, 0.29) is 9.88 Å². The largest absolute Gasteiger partial charge is 0.435 e. The summed E-state index contributed by atoms with van der Waals surface area (Å²) in [5.74, 6) is -0.559. The predicted molar refractivity (Wildman–Crippen MR) is 82.3 cm³/mol. The Bertz CT molecular complexity index is 691. The first-order valence-electron chi connectivity index (χ1n) is 7.39. The van der Waals surface area contributed by atoms with Crippen LogP contribution in [0, 0.1) is 0 Å². The van der Waals surface area contributed by atoms with Crippen LogP contribution in [0.5, 0.6) is 0 Å². The smallest absolute Gasteiger partial charge is 0.338 e. The fourth-order valence-corrected chi connectivity index (χ4v) is 3.66. The third-order valence-electron chi connectivity index (χ3n) is 3.75. The Balaban J connectivity index is 2.01. The fraction of sp³-hybridized carbons (Fsp3) is 0.375. The van der Waals surface area contributed by atoms with Crippen LogP contribution in [0.1, 0.15) is 34.6 Å². The molecule has 1 aromatic heterocycles. The van der Waals surface area contributed by atoms with E-state index < -0.39 is 17.8 Å². The number of halogens is 3. The lowest BCUT2D eigenvalue weighted by molar-refractivity contribution is -0.141. The van der Waals surface area contributed by atoms with E-state index in [9.17, 15) is 18.0 Å². The highest BCUT2D eigenvalue weighted by molar-refractivity contribution is 7.17. The molecule has 0 unspecified atom stereocenters. The Morgan fingerprint density at radius 1 is 1.09 bits per heavy atom. The molecule has 2 aromatic rings. The third kappa shape index (κ3) is 3.39. The van der Waals surface area contributed by atoms with Gasteiger partial charge in [0.15, 0.2) is 5.69 Å². The second-order valence-corrected chi connectivity index (χ2v) is 6.41. The van der Waals surface area contributed by atoms with Crippen molar-refractivity contribution in [2.45, 2.75) is 25.4 Å². The highest BCUT2D eigenvalue weighted by atomic mass is 32.1. The van der Waals surface area contributed by atoms with Gasteiger partial charge in [-0.2, -0.15) is 13.2 Å². The zero-order valence-corrected chi connectivity index (χ0v) is 13.1. The Hall–Kier alpha value is -1.89. The van der Waals surface area contributed by atoms with Gasteiger partial charge < -0.3 is 4.90 Å². The number of piperidine rings is 1. The molecular weight excluding hydrogens is 325 g/mol. The Morgan fingerprint density at radius 2 is 1.74 bits per heavy atom. The van der Waals surface area contributed by atoms with Gasteiger partial charge in [-0.05, 0) is 19.3 Å². The van der Waals surface area contributed by atoms with Crippen molar-refractivity contribution in [1.29, 1.82) is 0 Å². The van der Waals surface area contributed by atoms with Gasteiger partial charge in [-0.25, -0.2) is 4.98 Å². The Morgan fingerprint density at radius 3 is 2.35 bits per heavy atom. The minimum absolute atomic E-state index is 0.221. The number of likely N-dealkylation sites (tertiary alicyclic amines) is 1. The van der Waals surface area contributed by atoms with Crippen molar-refractivity contribution in [3.8, 4) is 10.6 Å². The molecule has 122 valence electrons. The number of hydrogen-bond donors (Lipinski definition) is 0. The number of carbonyl (C=O) groups is 1. The van der Waals surface area contributed by atoms with E-state index in [2.05, 4.69) is 4.98 Å². The van der Waals surface area contributed by atoms with Gasteiger partial charge in [0.2, 0.25) is 0 Å². The summed E-state index contributed by atoms with van der Waals surface area (Å²) in [6.45, 7) is 1.02. The van der Waals surface area contributed by atoms with Gasteiger partial charge in [0.25, 0.3) is 5.91 Å². The summed E-state index contributed by atoms with van der Waals surface area (Å²) in [5.41, 5.74) is -0.488. The average molecular weight is 340 g/mol. The third-order valence-corrected chi connectivity index (χ3v) is 4.85. The molecule has 1 saturated heterocycles. The van der Waals surface area contributed by atoms with Crippen LogP contribution >= 0.6 is 11.3 Å². The molecule has 1 amide bonds. The fourth-order valence-electron chi connectivity index (χ4n) is 2.60. The molecule has 3 rings (SSSR count). The van der Waals surface area contributed by atoms with E-state index >= 15 is 0 Å². The summed E-state index contributed by atoms with van der Waals surface area (Å²) in [6.07, 6.45) is -1.97. The van der Waals surface area contributed by atoms with E-state index in [0.717, 1.165) is 30.6 Å². The number of benzene rings is 1. The maximum absolute atomic E-state index is 13.3. The molecule has 3 nitrogen and oxygen atoms in total. The summed E-state index contributed by atoms with van der Waals surface area (Å²) in [5, 5.41) is 0.221. The van der Waals surface area contributed by atoms with Gasteiger partial charge in [-0.15, -0.1) is 11.3 Å². The summed E-state index contributed by atoms with van der Waals surface area (Å²) in [7, 11) is 0. The number of carbonyl (C=O) groups excluding carboxylic acids is 1. The number of rotatable bonds is 2. The van der Waals surface area contributed by atoms with Crippen LogP contribution in [0.4, 0.5) is 13.2 Å². The number of aromatic nitrogens is 1. The molecule has 0 saturated carbocycles. The van der Waals surface area contributed by atoms with Crippen LogP contribution in [-0.4, -0.2) is 28.9 Å². The first-order chi connectivity index (χ1) is 11.0. The Kier molecular flexibility index (Phi) is 4.39. The van der Waals surface area contributed by atoms with Crippen LogP contribution in [0.3, 0.4) is 0 Å². The van der Waals surface area contributed by atoms with Gasteiger partial charge in [-0.3, -0.25) is 4.79 Å². The summed E-state index contributed by atoms with van der Waals surface area (Å²) < 4.78 is 39.8. The van der Waals surface area contributed by atoms with Crippen molar-refractivity contribution in [3.63, 3.8) is 0 Å². The first kappa shape index (κ1) is 16.0. The summed E-state index contributed by atoms with van der Waals surface area (Å²) in [6, 6.07) is 8.62. The zero-order valence-electron chi connectivity index (χ0n) is 12.3. The molecule has 1 aliphatic rings. The van der Waals surface area contributed by atoms with Crippen molar-refractivity contribution in [2.24, 2.45) is 0 Å². The highest BCUT2D eigenvalue weighted by Gasteiger charge is 2.40. The molecule has 7 heteroatoms. The molecule has 1 fully saturated rings. The minimum Gasteiger partial charge on any atom is -0.338 e. The highest BCUT2D eigenvalue weighted by Crippen LogP contribution is 2.38. The minimum atomic E-state index is -4.63. The second-order valence-electron chi connectivity index (χ2n) is 5.41. The number of nitrogens with zero attached hydrogens (tertiary/aromatic N) is 2. The molecular formula is C16H15F3N2OS. The zero-order chi connectivity index (χ0) is 16.4. The van der Waals surface area contributed by atoms with Crippen molar-refractivity contribution >= 4 is 17.2 Å². The first-order valence-corrected chi connectivity index (χ1v) is 8.21. The molecule has 0 atom stereocenters. The quantitative estimate of drug-likeness (QED) is 0.809. The van der Waals surface area contributed by atoms with E-state index in [1.807, 2.05) is 0 Å². The molecule has 2 heterocycles. The Labute approximate surface area is 135 Å².